The van der Waals surface area contributed by atoms with E-state index in [2.05, 4.69) is 53.6 Å². The van der Waals surface area contributed by atoms with Crippen LogP contribution in [0.25, 0.3) is 11.4 Å². The van der Waals surface area contributed by atoms with Crippen LogP contribution in [0.4, 0.5) is 10.2 Å². The molecular weight excluding hydrogens is 531 g/mol. The van der Waals surface area contributed by atoms with Crippen molar-refractivity contribution in [2.45, 2.75) is 44.8 Å². The molecule has 5 rings (SSSR count). The Kier molecular flexibility index (Phi) is 7.72. The zero-order chi connectivity index (χ0) is 24.4. The molecule has 186 valence electrons. The Morgan fingerprint density at radius 1 is 1.14 bits per heavy atom. The standard InChI is InChI=1S/C26H31BrClFN6/c1-2-21-17-34(26-23(27)13-19(15-32-26)25-30-7-8-31-25)11-12-35(21)22-5-9-33(10-6-22)16-18-3-4-20(28)14-24(18)29/h3-4,7-8,13-15,21-22H,2,5-6,9-12,16-17H2,1H3,(H,30,31)/t21-/m0/s1. The average molecular weight is 562 g/mol. The molecule has 2 aromatic heterocycles. The zero-order valence-electron chi connectivity index (χ0n) is 19.9. The summed E-state index contributed by atoms with van der Waals surface area (Å²) in [5.74, 6) is 1.61. The maximum atomic E-state index is 14.2. The minimum atomic E-state index is -0.209. The summed E-state index contributed by atoms with van der Waals surface area (Å²) in [6.45, 7) is 7.87. The average Bonchev–Trinajstić information content (AvgIpc) is 3.41. The number of anilines is 1. The first-order valence-electron chi connectivity index (χ1n) is 12.3. The molecule has 1 N–H and O–H groups in total. The van der Waals surface area contributed by atoms with E-state index in [0.717, 1.165) is 79.2 Å². The summed E-state index contributed by atoms with van der Waals surface area (Å²) in [6, 6.07) is 8.15. The van der Waals surface area contributed by atoms with E-state index in [9.17, 15) is 4.39 Å². The fourth-order valence-corrected chi connectivity index (χ4v) is 6.18. The van der Waals surface area contributed by atoms with Gasteiger partial charge in [-0.05, 0) is 66.5 Å². The van der Waals surface area contributed by atoms with Gasteiger partial charge >= 0.3 is 0 Å². The minimum absolute atomic E-state index is 0.209. The van der Waals surface area contributed by atoms with Crippen molar-refractivity contribution in [2.75, 3.05) is 37.6 Å². The summed E-state index contributed by atoms with van der Waals surface area (Å²) in [5.41, 5.74) is 1.70. The van der Waals surface area contributed by atoms with Crippen LogP contribution in [0, 0.1) is 5.82 Å². The van der Waals surface area contributed by atoms with Crippen LogP contribution in [0.2, 0.25) is 5.02 Å². The zero-order valence-corrected chi connectivity index (χ0v) is 22.3. The van der Waals surface area contributed by atoms with Crippen molar-refractivity contribution in [2.24, 2.45) is 0 Å². The van der Waals surface area contributed by atoms with Crippen molar-refractivity contribution < 1.29 is 4.39 Å². The molecule has 1 atom stereocenters. The molecule has 0 saturated carbocycles. The second-order valence-electron chi connectivity index (χ2n) is 9.46. The smallest absolute Gasteiger partial charge is 0.143 e. The summed E-state index contributed by atoms with van der Waals surface area (Å²) in [6.07, 6.45) is 8.81. The lowest BCUT2D eigenvalue weighted by Gasteiger charge is -2.47. The summed E-state index contributed by atoms with van der Waals surface area (Å²) in [5, 5.41) is 0.449. The lowest BCUT2D eigenvalue weighted by atomic mass is 9.97. The molecule has 2 aliphatic heterocycles. The van der Waals surface area contributed by atoms with Crippen LogP contribution in [0.15, 0.2) is 47.3 Å². The van der Waals surface area contributed by atoms with Crippen LogP contribution in [-0.4, -0.2) is 69.6 Å². The van der Waals surface area contributed by atoms with Crippen molar-refractivity contribution in [3.8, 4) is 11.4 Å². The molecule has 0 unspecified atom stereocenters. The van der Waals surface area contributed by atoms with Gasteiger partial charge in [-0.2, -0.15) is 0 Å². The van der Waals surface area contributed by atoms with Gasteiger partial charge in [0.2, 0.25) is 0 Å². The number of aromatic amines is 1. The van der Waals surface area contributed by atoms with Crippen molar-refractivity contribution in [1.29, 1.82) is 0 Å². The third-order valence-electron chi connectivity index (χ3n) is 7.33. The summed E-state index contributed by atoms with van der Waals surface area (Å²) >= 11 is 9.65. The van der Waals surface area contributed by atoms with E-state index in [4.69, 9.17) is 16.6 Å². The van der Waals surface area contributed by atoms with Crippen LogP contribution in [-0.2, 0) is 6.54 Å². The highest BCUT2D eigenvalue weighted by molar-refractivity contribution is 9.10. The summed E-state index contributed by atoms with van der Waals surface area (Å²) < 4.78 is 15.2. The molecule has 9 heteroatoms. The van der Waals surface area contributed by atoms with E-state index >= 15 is 0 Å². The number of piperidine rings is 1. The number of halogens is 3. The van der Waals surface area contributed by atoms with Gasteiger partial charge in [0.1, 0.15) is 17.5 Å². The van der Waals surface area contributed by atoms with E-state index < -0.39 is 0 Å². The first-order valence-corrected chi connectivity index (χ1v) is 13.5. The fraction of sp³-hybridized carbons (Fsp3) is 0.462. The number of imidazole rings is 1. The SMILES string of the molecule is CC[C@H]1CN(c2ncc(-c3ncc[nH]3)cc2Br)CCN1C1CCN(Cc2ccc(Cl)cc2F)CC1. The maximum Gasteiger partial charge on any atom is 0.143 e. The number of hydrogen-bond acceptors (Lipinski definition) is 5. The Morgan fingerprint density at radius 2 is 1.97 bits per heavy atom. The number of pyridine rings is 1. The minimum Gasteiger partial charge on any atom is -0.353 e. The van der Waals surface area contributed by atoms with E-state index in [1.165, 1.54) is 6.07 Å². The molecule has 0 spiro atoms. The number of piperazine rings is 1. The summed E-state index contributed by atoms with van der Waals surface area (Å²) in [4.78, 5) is 19.7. The Labute approximate surface area is 219 Å². The quantitative estimate of drug-likeness (QED) is 0.425. The normalized spacial score (nSPS) is 20.5. The number of benzene rings is 1. The van der Waals surface area contributed by atoms with Crippen LogP contribution in [0.3, 0.4) is 0 Å². The number of hydrogen-bond donors (Lipinski definition) is 1. The molecule has 3 aromatic rings. The number of H-pyrrole nitrogens is 1. The van der Waals surface area contributed by atoms with Crippen LogP contribution in [0.5, 0.6) is 0 Å². The van der Waals surface area contributed by atoms with Gasteiger partial charge in [-0.25, -0.2) is 14.4 Å². The predicted octanol–water partition coefficient (Wildman–Crippen LogP) is 5.59. The predicted molar refractivity (Wildman–Crippen MR) is 142 cm³/mol. The molecule has 0 radical (unpaired) electrons. The van der Waals surface area contributed by atoms with Crippen molar-refractivity contribution >= 4 is 33.3 Å². The molecule has 6 nitrogen and oxygen atoms in total. The second-order valence-corrected chi connectivity index (χ2v) is 10.7. The Morgan fingerprint density at radius 3 is 2.66 bits per heavy atom. The largest absolute Gasteiger partial charge is 0.353 e. The lowest BCUT2D eigenvalue weighted by molar-refractivity contribution is 0.0607. The van der Waals surface area contributed by atoms with Crippen LogP contribution in [0.1, 0.15) is 31.7 Å². The van der Waals surface area contributed by atoms with Gasteiger partial charge in [-0.1, -0.05) is 24.6 Å². The molecule has 2 aliphatic rings. The first kappa shape index (κ1) is 24.7. The summed E-state index contributed by atoms with van der Waals surface area (Å²) in [7, 11) is 0. The van der Waals surface area contributed by atoms with E-state index in [0.29, 0.717) is 23.7 Å². The van der Waals surface area contributed by atoms with Gasteiger partial charge in [-0.15, -0.1) is 0 Å². The highest BCUT2D eigenvalue weighted by Crippen LogP contribution is 2.31. The van der Waals surface area contributed by atoms with Crippen molar-refractivity contribution in [3.05, 3.63) is 63.7 Å². The third-order valence-corrected chi connectivity index (χ3v) is 8.15. The molecule has 4 heterocycles. The molecule has 0 amide bonds. The Hall–Kier alpha value is -2.00. The van der Waals surface area contributed by atoms with Gasteiger partial charge in [0, 0.05) is 73.0 Å². The van der Waals surface area contributed by atoms with Gasteiger partial charge in [0.05, 0.1) is 4.47 Å². The topological polar surface area (TPSA) is 51.3 Å². The molecule has 0 bridgehead atoms. The second kappa shape index (κ2) is 10.9. The Balaban J connectivity index is 1.19. The van der Waals surface area contributed by atoms with Crippen LogP contribution < -0.4 is 4.90 Å². The van der Waals surface area contributed by atoms with E-state index in [-0.39, 0.29) is 5.82 Å². The van der Waals surface area contributed by atoms with E-state index in [1.807, 2.05) is 18.5 Å². The fourth-order valence-electron chi connectivity index (χ4n) is 5.42. The van der Waals surface area contributed by atoms with Gasteiger partial charge in [-0.3, -0.25) is 9.80 Å². The number of rotatable bonds is 6. The number of nitrogens with zero attached hydrogens (tertiary/aromatic N) is 5. The molecule has 2 fully saturated rings. The molecule has 1 aromatic carbocycles. The number of likely N-dealkylation sites (tertiary alicyclic amines) is 1. The van der Waals surface area contributed by atoms with E-state index in [1.54, 1.807) is 12.3 Å². The number of aromatic nitrogens is 3. The van der Waals surface area contributed by atoms with Crippen LogP contribution >= 0.6 is 27.5 Å². The molecular formula is C26H31BrClFN6. The maximum absolute atomic E-state index is 14.2. The van der Waals surface area contributed by atoms with Gasteiger partial charge in [0.15, 0.2) is 0 Å². The van der Waals surface area contributed by atoms with Gasteiger partial charge < -0.3 is 9.88 Å². The monoisotopic (exact) mass is 560 g/mol. The first-order chi connectivity index (χ1) is 17.0. The van der Waals surface area contributed by atoms with Crippen molar-refractivity contribution in [1.82, 2.24) is 24.8 Å². The highest BCUT2D eigenvalue weighted by Gasteiger charge is 2.34. The molecule has 2 saturated heterocycles. The molecule has 0 aliphatic carbocycles. The molecule has 35 heavy (non-hydrogen) atoms. The number of nitrogens with one attached hydrogen (secondary N) is 1. The van der Waals surface area contributed by atoms with Crippen molar-refractivity contribution in [3.63, 3.8) is 0 Å². The lowest BCUT2D eigenvalue weighted by Crippen LogP contribution is -2.58. The highest BCUT2D eigenvalue weighted by atomic mass is 79.9. The third kappa shape index (κ3) is 5.56. The van der Waals surface area contributed by atoms with Gasteiger partial charge in [0.25, 0.3) is 0 Å². The Bertz CT molecular complexity index is 1130.